The average molecular weight is 399 g/mol. The normalized spacial score (nSPS) is 11.7. The predicted octanol–water partition coefficient (Wildman–Crippen LogP) is 7.33. The van der Waals surface area contributed by atoms with Crippen molar-refractivity contribution in [2.75, 3.05) is 7.11 Å². The van der Waals surface area contributed by atoms with Crippen molar-refractivity contribution >= 4 is 5.97 Å². The Morgan fingerprint density at radius 1 is 0.897 bits per heavy atom. The maximum Gasteiger partial charge on any atom is 0.306 e. The molecule has 1 rings (SSSR count). The fraction of sp³-hybridized carbons (Fsp3) is 0.500. The first-order valence-electron chi connectivity index (χ1n) is 11.0. The summed E-state index contributed by atoms with van der Waals surface area (Å²) in [5, 5.41) is 0. The third-order valence-electron chi connectivity index (χ3n) is 4.57. The molecule has 0 radical (unpaired) electrons. The highest BCUT2D eigenvalue weighted by atomic mass is 16.5. The van der Waals surface area contributed by atoms with E-state index in [1.807, 2.05) is 24.3 Å². The van der Waals surface area contributed by atoms with Crippen LogP contribution in [-0.2, 0) is 16.1 Å². The van der Waals surface area contributed by atoms with Gasteiger partial charge in [0.25, 0.3) is 0 Å². The van der Waals surface area contributed by atoms with Crippen LogP contribution >= 0.6 is 0 Å². The molecule has 0 aliphatic rings. The monoisotopic (exact) mass is 398 g/mol. The van der Waals surface area contributed by atoms with Crippen molar-refractivity contribution in [3.8, 4) is 5.75 Å². The molecule has 0 fully saturated rings. The Labute approximate surface area is 177 Å². The van der Waals surface area contributed by atoms with Crippen LogP contribution in [0.3, 0.4) is 0 Å². The molecule has 0 heterocycles. The fourth-order valence-corrected chi connectivity index (χ4v) is 2.89. The number of methoxy groups -OCH3 is 1. The lowest BCUT2D eigenvalue weighted by atomic mass is 10.1. The van der Waals surface area contributed by atoms with Crippen molar-refractivity contribution in [2.24, 2.45) is 0 Å². The number of carbonyl (C=O) groups excluding carboxylic acids is 1. The number of esters is 1. The minimum Gasteiger partial charge on any atom is -0.497 e. The summed E-state index contributed by atoms with van der Waals surface area (Å²) in [7, 11) is 1.63. The maximum atomic E-state index is 11.8. The van der Waals surface area contributed by atoms with E-state index in [9.17, 15) is 4.79 Å². The van der Waals surface area contributed by atoms with Crippen molar-refractivity contribution in [3.63, 3.8) is 0 Å². The van der Waals surface area contributed by atoms with Gasteiger partial charge in [0.1, 0.15) is 12.4 Å². The molecule has 0 bridgehead atoms. The van der Waals surface area contributed by atoms with Crippen LogP contribution in [0.5, 0.6) is 5.75 Å². The van der Waals surface area contributed by atoms with Crippen LogP contribution in [0.4, 0.5) is 0 Å². The van der Waals surface area contributed by atoms with Crippen molar-refractivity contribution in [1.82, 2.24) is 0 Å². The van der Waals surface area contributed by atoms with E-state index >= 15 is 0 Å². The number of hydrogen-bond acceptors (Lipinski definition) is 3. The second-order valence-electron chi connectivity index (χ2n) is 7.11. The van der Waals surface area contributed by atoms with E-state index in [0.717, 1.165) is 49.8 Å². The van der Waals surface area contributed by atoms with Crippen LogP contribution in [0.2, 0.25) is 0 Å². The van der Waals surface area contributed by atoms with Gasteiger partial charge in [0.2, 0.25) is 0 Å². The molecule has 0 aliphatic heterocycles. The largest absolute Gasteiger partial charge is 0.497 e. The van der Waals surface area contributed by atoms with E-state index < -0.39 is 0 Å². The standard InChI is InChI=1S/C26H38O3/c1-3-4-5-6-7-8-9-10-11-12-13-14-15-16-17-21-26(27)29-23-24-19-18-20-25(22-24)28-2/h4-5,7-8,10-11,18-20,22H,3,6,9,12-17,21,23H2,1-2H3/b5-4+,8-7+,11-10+. The Kier molecular flexibility index (Phi) is 15.2. The van der Waals surface area contributed by atoms with Gasteiger partial charge in [-0.15, -0.1) is 0 Å². The zero-order valence-corrected chi connectivity index (χ0v) is 18.3. The summed E-state index contributed by atoms with van der Waals surface area (Å²) in [6, 6.07) is 7.61. The molecule has 0 amide bonds. The lowest BCUT2D eigenvalue weighted by Gasteiger charge is -2.06. The lowest BCUT2D eigenvalue weighted by Crippen LogP contribution is -2.04. The Morgan fingerprint density at radius 2 is 1.59 bits per heavy atom. The van der Waals surface area contributed by atoms with E-state index in [2.05, 4.69) is 43.4 Å². The van der Waals surface area contributed by atoms with Crippen molar-refractivity contribution in [3.05, 3.63) is 66.3 Å². The molecule has 1 aromatic carbocycles. The van der Waals surface area contributed by atoms with Gasteiger partial charge in [-0.1, -0.05) is 74.8 Å². The maximum absolute atomic E-state index is 11.8. The molecular weight excluding hydrogens is 360 g/mol. The first-order valence-corrected chi connectivity index (χ1v) is 11.0. The molecule has 0 spiro atoms. The molecule has 3 nitrogen and oxygen atoms in total. The number of allylic oxidation sites excluding steroid dienone is 6. The van der Waals surface area contributed by atoms with E-state index in [1.165, 1.54) is 19.3 Å². The third kappa shape index (κ3) is 14.4. The number of hydrogen-bond donors (Lipinski definition) is 0. The first-order chi connectivity index (χ1) is 14.3. The van der Waals surface area contributed by atoms with Gasteiger partial charge in [0, 0.05) is 6.42 Å². The topological polar surface area (TPSA) is 35.5 Å². The number of rotatable bonds is 16. The van der Waals surface area contributed by atoms with Crippen LogP contribution in [0.1, 0.15) is 76.7 Å². The zero-order chi connectivity index (χ0) is 21.0. The summed E-state index contributed by atoms with van der Waals surface area (Å²) in [5.41, 5.74) is 0.953. The van der Waals surface area contributed by atoms with Gasteiger partial charge in [0.15, 0.2) is 0 Å². The van der Waals surface area contributed by atoms with Crippen LogP contribution < -0.4 is 4.74 Å². The van der Waals surface area contributed by atoms with E-state index in [-0.39, 0.29) is 5.97 Å². The minimum absolute atomic E-state index is 0.117. The van der Waals surface area contributed by atoms with Gasteiger partial charge in [-0.05, 0) is 56.2 Å². The molecule has 0 aliphatic carbocycles. The number of benzene rings is 1. The Morgan fingerprint density at radius 3 is 2.34 bits per heavy atom. The molecular formula is C26H38O3. The number of carbonyl (C=O) groups is 1. The van der Waals surface area contributed by atoms with Crippen molar-refractivity contribution in [2.45, 2.75) is 77.7 Å². The van der Waals surface area contributed by atoms with E-state index in [0.29, 0.717) is 13.0 Å². The third-order valence-corrected chi connectivity index (χ3v) is 4.57. The van der Waals surface area contributed by atoms with Crippen molar-refractivity contribution in [1.29, 1.82) is 0 Å². The Bertz CT molecular complexity index is 629. The molecule has 0 saturated carbocycles. The molecule has 0 saturated heterocycles. The summed E-state index contributed by atoms with van der Waals surface area (Å²) in [5.74, 6) is 0.665. The summed E-state index contributed by atoms with van der Waals surface area (Å²) in [6.07, 6.45) is 23.8. The lowest BCUT2D eigenvalue weighted by molar-refractivity contribution is -0.145. The Balaban J connectivity index is 1.94. The van der Waals surface area contributed by atoms with Crippen molar-refractivity contribution < 1.29 is 14.3 Å². The summed E-state index contributed by atoms with van der Waals surface area (Å²) < 4.78 is 10.5. The molecule has 0 unspecified atom stereocenters. The molecule has 0 aromatic heterocycles. The van der Waals surface area contributed by atoms with Crippen LogP contribution in [0, 0.1) is 0 Å². The van der Waals surface area contributed by atoms with Crippen LogP contribution in [-0.4, -0.2) is 13.1 Å². The highest BCUT2D eigenvalue weighted by molar-refractivity contribution is 5.69. The highest BCUT2D eigenvalue weighted by Gasteiger charge is 2.04. The van der Waals surface area contributed by atoms with E-state index in [1.54, 1.807) is 7.11 Å². The van der Waals surface area contributed by atoms with Gasteiger partial charge in [-0.3, -0.25) is 4.79 Å². The summed E-state index contributed by atoms with van der Waals surface area (Å²) >= 11 is 0. The smallest absolute Gasteiger partial charge is 0.306 e. The average Bonchev–Trinajstić information content (AvgIpc) is 2.75. The number of unbranched alkanes of at least 4 members (excludes halogenated alkanes) is 5. The molecule has 3 heteroatoms. The number of ether oxygens (including phenoxy) is 2. The van der Waals surface area contributed by atoms with Crippen LogP contribution in [0.25, 0.3) is 0 Å². The minimum atomic E-state index is -0.117. The van der Waals surface area contributed by atoms with Gasteiger partial charge >= 0.3 is 5.97 Å². The molecule has 0 atom stereocenters. The fourth-order valence-electron chi connectivity index (χ4n) is 2.89. The highest BCUT2D eigenvalue weighted by Crippen LogP contribution is 2.14. The first kappa shape index (κ1) is 24.7. The second kappa shape index (κ2) is 17.8. The molecule has 160 valence electrons. The van der Waals surface area contributed by atoms with Gasteiger partial charge in [0.05, 0.1) is 7.11 Å². The van der Waals surface area contributed by atoms with Gasteiger partial charge in [-0.2, -0.15) is 0 Å². The molecule has 0 N–H and O–H groups in total. The molecule has 29 heavy (non-hydrogen) atoms. The summed E-state index contributed by atoms with van der Waals surface area (Å²) in [6.45, 7) is 2.47. The predicted molar refractivity (Wildman–Crippen MR) is 122 cm³/mol. The van der Waals surface area contributed by atoms with Gasteiger partial charge < -0.3 is 9.47 Å². The van der Waals surface area contributed by atoms with Crippen LogP contribution in [0.15, 0.2) is 60.7 Å². The van der Waals surface area contributed by atoms with Gasteiger partial charge in [-0.25, -0.2) is 0 Å². The quantitative estimate of drug-likeness (QED) is 0.166. The van der Waals surface area contributed by atoms with E-state index in [4.69, 9.17) is 9.47 Å². The molecule has 1 aromatic rings. The zero-order valence-electron chi connectivity index (χ0n) is 18.3. The summed E-state index contributed by atoms with van der Waals surface area (Å²) in [4.78, 5) is 11.8. The Hall–Kier alpha value is -2.29. The second-order valence-corrected chi connectivity index (χ2v) is 7.11. The SMILES string of the molecule is CC/C=C/C/C=C/C/C=C/CCCCCCCC(=O)OCc1cccc(OC)c1.